The summed E-state index contributed by atoms with van der Waals surface area (Å²) in [6.07, 6.45) is 1.38. The van der Waals surface area contributed by atoms with Crippen LogP contribution in [0, 0.1) is 0 Å². The highest BCUT2D eigenvalue weighted by molar-refractivity contribution is 6.61. The quantitative estimate of drug-likeness (QED) is 0.784. The van der Waals surface area contributed by atoms with E-state index in [0.29, 0.717) is 24.4 Å². The third-order valence-electron chi connectivity index (χ3n) is 4.74. The summed E-state index contributed by atoms with van der Waals surface area (Å²) in [5, 5.41) is 0. The zero-order chi connectivity index (χ0) is 17.7. The van der Waals surface area contributed by atoms with Crippen LogP contribution in [0.25, 0.3) is 0 Å². The third-order valence-corrected chi connectivity index (χ3v) is 4.74. The maximum Gasteiger partial charge on any atom is 0.514 e. The first-order valence-corrected chi connectivity index (χ1v) is 7.55. The first-order valence-electron chi connectivity index (χ1n) is 9.05. The average Bonchev–Trinajstić information content (AvgIpc) is 2.72. The van der Waals surface area contributed by atoms with E-state index in [0.717, 1.165) is 12.8 Å². The first-order chi connectivity index (χ1) is 11.1. The molecule has 4 nitrogen and oxygen atoms in total. The second kappa shape index (κ2) is 5.38. The predicted octanol–water partition coefficient (Wildman–Crippen LogP) is 2.27. The molecule has 2 aliphatic heterocycles. The van der Waals surface area contributed by atoms with E-state index < -0.39 is 18.3 Å². The molecular weight excluding hydrogens is 265 g/mol. The molecule has 114 valence electrons. The van der Waals surface area contributed by atoms with Gasteiger partial charge in [-0.3, -0.25) is 4.98 Å². The number of ether oxygens (including phenoxy) is 1. The van der Waals surface area contributed by atoms with Gasteiger partial charge < -0.3 is 14.0 Å². The van der Waals surface area contributed by atoms with E-state index in [4.69, 9.17) is 18.2 Å². The fourth-order valence-corrected chi connectivity index (χ4v) is 2.60. The van der Waals surface area contributed by atoms with Gasteiger partial charge >= 0.3 is 7.12 Å². The molecule has 2 fully saturated rings. The Morgan fingerprint density at radius 1 is 1.19 bits per heavy atom. The normalized spacial score (nSPS) is 27.2. The van der Waals surface area contributed by atoms with Crippen molar-refractivity contribution in [1.29, 1.82) is 0 Å². The summed E-state index contributed by atoms with van der Waals surface area (Å²) in [5.74, 6) is 0.0482. The van der Waals surface area contributed by atoms with Gasteiger partial charge in [-0.05, 0) is 64.1 Å². The molecule has 0 bridgehead atoms. The van der Waals surface area contributed by atoms with Crippen molar-refractivity contribution < 1.29 is 18.2 Å². The molecule has 1 aromatic heterocycles. The molecule has 21 heavy (non-hydrogen) atoms. The predicted molar refractivity (Wildman–Crippen MR) is 82.7 cm³/mol. The number of hydrogen-bond donors (Lipinski definition) is 0. The van der Waals surface area contributed by atoms with Crippen LogP contribution in [0.3, 0.4) is 0 Å². The van der Waals surface area contributed by atoms with Crippen molar-refractivity contribution in [1.82, 2.24) is 4.98 Å². The van der Waals surface area contributed by atoms with Crippen molar-refractivity contribution in [3.63, 3.8) is 0 Å². The summed E-state index contributed by atoms with van der Waals surface area (Å²) in [4.78, 5) is 4.15. The highest BCUT2D eigenvalue weighted by Gasteiger charge is 2.52. The summed E-state index contributed by atoms with van der Waals surface area (Å²) < 4.78 is 42.2. The number of pyridine rings is 1. The topological polar surface area (TPSA) is 40.6 Å². The number of nitrogens with zero attached hydrogens (tertiary/aromatic N) is 1. The Labute approximate surface area is 131 Å². The molecule has 2 saturated heterocycles. The van der Waals surface area contributed by atoms with Gasteiger partial charge in [-0.25, -0.2) is 0 Å². The van der Waals surface area contributed by atoms with Gasteiger partial charge in [-0.15, -0.1) is 0 Å². The lowest BCUT2D eigenvalue weighted by Crippen LogP contribution is -2.41. The van der Waals surface area contributed by atoms with Crippen molar-refractivity contribution in [2.24, 2.45) is 0 Å². The average molecular weight is 292 g/mol. The lowest BCUT2D eigenvalue weighted by Gasteiger charge is -2.32. The molecule has 0 radical (unpaired) electrons. The van der Waals surface area contributed by atoms with Crippen LogP contribution in [-0.2, 0) is 14.0 Å². The minimum Gasteiger partial charge on any atom is -0.398 e. The number of aromatic nitrogens is 1. The standard InChI is InChI=1S/C16H24BNO3/c1-15(2)16(3,4)21-17(20-15)14-11-13(5-8-18-14)12-6-9-19-10-7-12/h5,8,11-12H,6-7,9-10H2,1-4H3/i5D,8D,11D. The molecule has 2 aliphatic rings. The van der Waals surface area contributed by atoms with Gasteiger partial charge in [0.2, 0.25) is 0 Å². The van der Waals surface area contributed by atoms with Crippen LogP contribution in [0.15, 0.2) is 18.3 Å². The van der Waals surface area contributed by atoms with Gasteiger partial charge in [0.05, 0.1) is 20.9 Å². The monoisotopic (exact) mass is 292 g/mol. The van der Waals surface area contributed by atoms with E-state index in [9.17, 15) is 0 Å². The summed E-state index contributed by atoms with van der Waals surface area (Å²) in [5.41, 5.74) is -0.196. The molecule has 0 spiro atoms. The summed E-state index contributed by atoms with van der Waals surface area (Å²) in [6.45, 7) is 9.00. The fraction of sp³-hybridized carbons (Fsp3) is 0.688. The molecule has 3 heterocycles. The van der Waals surface area contributed by atoms with Crippen molar-refractivity contribution >= 4 is 12.7 Å². The smallest absolute Gasteiger partial charge is 0.398 e. The Morgan fingerprint density at radius 3 is 2.43 bits per heavy atom. The van der Waals surface area contributed by atoms with Gasteiger partial charge in [-0.1, -0.05) is 0 Å². The third kappa shape index (κ3) is 2.87. The summed E-state index contributed by atoms with van der Waals surface area (Å²) >= 11 is 0. The van der Waals surface area contributed by atoms with Gasteiger partial charge in [0, 0.05) is 19.4 Å². The van der Waals surface area contributed by atoms with Gasteiger partial charge in [-0.2, -0.15) is 0 Å². The second-order valence-corrected chi connectivity index (χ2v) is 6.75. The van der Waals surface area contributed by atoms with E-state index in [1.807, 2.05) is 27.7 Å². The highest BCUT2D eigenvalue weighted by atomic mass is 16.7. The van der Waals surface area contributed by atoms with Crippen molar-refractivity contribution in [2.45, 2.75) is 57.7 Å². The number of rotatable bonds is 2. The largest absolute Gasteiger partial charge is 0.514 e. The molecule has 0 unspecified atom stereocenters. The van der Waals surface area contributed by atoms with E-state index in [-0.39, 0.29) is 24.2 Å². The van der Waals surface area contributed by atoms with Crippen LogP contribution in [0.1, 0.15) is 56.1 Å². The maximum atomic E-state index is 8.58. The van der Waals surface area contributed by atoms with Crippen LogP contribution < -0.4 is 5.59 Å². The Kier molecular flexibility index (Phi) is 2.98. The van der Waals surface area contributed by atoms with E-state index >= 15 is 0 Å². The molecule has 5 heteroatoms. The molecule has 0 atom stereocenters. The van der Waals surface area contributed by atoms with Gasteiger partial charge in [0.15, 0.2) is 0 Å². The molecule has 0 aliphatic carbocycles. The van der Waals surface area contributed by atoms with Gasteiger partial charge in [0.25, 0.3) is 0 Å². The summed E-state index contributed by atoms with van der Waals surface area (Å²) in [6, 6.07) is 0.202. The zero-order valence-electron chi connectivity index (χ0n) is 16.2. The van der Waals surface area contributed by atoms with Crippen LogP contribution in [-0.4, -0.2) is 36.5 Å². The van der Waals surface area contributed by atoms with Crippen molar-refractivity contribution in [3.8, 4) is 0 Å². The van der Waals surface area contributed by atoms with E-state index in [1.165, 1.54) is 0 Å². The lowest BCUT2D eigenvalue weighted by molar-refractivity contribution is 0.00578. The first kappa shape index (κ1) is 11.6. The molecule has 1 aromatic rings. The lowest BCUT2D eigenvalue weighted by atomic mass is 9.81. The Bertz CT molecular complexity index is 632. The maximum absolute atomic E-state index is 8.58. The van der Waals surface area contributed by atoms with E-state index in [1.54, 1.807) is 0 Å². The Balaban J connectivity index is 2.02. The van der Waals surface area contributed by atoms with Gasteiger partial charge in [0.1, 0.15) is 0 Å². The molecule has 3 rings (SSSR count). The molecule has 0 amide bonds. The van der Waals surface area contributed by atoms with Crippen LogP contribution in [0.2, 0.25) is 0 Å². The van der Waals surface area contributed by atoms with Crippen LogP contribution >= 0.6 is 0 Å². The van der Waals surface area contributed by atoms with E-state index in [2.05, 4.69) is 4.98 Å². The van der Waals surface area contributed by atoms with Crippen LogP contribution in [0.5, 0.6) is 0 Å². The molecular formula is C16H24BNO3. The second-order valence-electron chi connectivity index (χ2n) is 6.75. The highest BCUT2D eigenvalue weighted by Crippen LogP contribution is 2.36. The Morgan fingerprint density at radius 2 is 1.81 bits per heavy atom. The Hall–Kier alpha value is -0.905. The summed E-state index contributed by atoms with van der Waals surface area (Å²) in [7, 11) is -0.786. The molecule has 0 aromatic carbocycles. The molecule has 0 N–H and O–H groups in total. The van der Waals surface area contributed by atoms with Crippen molar-refractivity contribution in [2.75, 3.05) is 13.2 Å². The number of hydrogen-bond acceptors (Lipinski definition) is 4. The SMILES string of the molecule is [2H]c1nc(B2OC(C)(C)C(C)(C)O2)c([2H])c(C2CCOCC2)c1[2H]. The van der Waals surface area contributed by atoms with Crippen molar-refractivity contribution in [3.05, 3.63) is 23.8 Å². The molecule has 0 saturated carbocycles. The van der Waals surface area contributed by atoms with Crippen LogP contribution in [0.4, 0.5) is 0 Å². The minimum absolute atomic E-state index is 0.0344. The minimum atomic E-state index is -0.786. The fourth-order valence-electron chi connectivity index (χ4n) is 2.60. The zero-order valence-corrected chi connectivity index (χ0v) is 13.2.